The minimum Gasteiger partial charge on any atom is -0.487 e. The third kappa shape index (κ3) is 4.33. The molecule has 2 N–H and O–H groups in total. The Balaban J connectivity index is 1.74. The van der Waals surface area contributed by atoms with Gasteiger partial charge in [0, 0.05) is 12.1 Å². The van der Waals surface area contributed by atoms with Gasteiger partial charge in [-0.15, -0.1) is 0 Å². The molecule has 10 heteroatoms. The molecule has 28 heavy (non-hydrogen) atoms. The van der Waals surface area contributed by atoms with Gasteiger partial charge in [-0.05, 0) is 29.3 Å². The summed E-state index contributed by atoms with van der Waals surface area (Å²) in [5, 5.41) is 15.0. The molecule has 0 aromatic heterocycles. The molecule has 1 heterocycles. The van der Waals surface area contributed by atoms with Crippen molar-refractivity contribution in [2.45, 2.75) is 6.61 Å². The van der Waals surface area contributed by atoms with Gasteiger partial charge in [-0.3, -0.25) is 30.3 Å². The fourth-order valence-electron chi connectivity index (χ4n) is 2.42. The number of barbiturate groups is 1. The molecule has 0 bridgehead atoms. The van der Waals surface area contributed by atoms with E-state index in [1.807, 2.05) is 10.6 Å². The smallest absolute Gasteiger partial charge is 0.328 e. The molecular weight excluding hydrogens is 390 g/mol. The number of nitro groups is 1. The summed E-state index contributed by atoms with van der Waals surface area (Å²) in [5.41, 5.74) is 0.761. The lowest BCUT2D eigenvalue weighted by molar-refractivity contribution is -0.384. The highest BCUT2D eigenvalue weighted by Crippen LogP contribution is 2.28. The summed E-state index contributed by atoms with van der Waals surface area (Å²) >= 11 is 6.17. The standard InChI is InChI=1S/C18H12ClN3O6/c19-14-8-10(7-13-16(23)20-18(25)21-17(13)24)4-5-15(14)28-9-11-2-1-3-12(6-11)22(26)27/h1-8H,9H2,(H2,20,21,23,24,25). The average Bonchev–Trinajstić information content (AvgIpc) is 2.64. The normalized spacial score (nSPS) is 13.6. The molecule has 0 radical (unpaired) electrons. The third-order valence-electron chi connectivity index (χ3n) is 3.73. The van der Waals surface area contributed by atoms with E-state index in [9.17, 15) is 24.5 Å². The van der Waals surface area contributed by atoms with Gasteiger partial charge in [-0.2, -0.15) is 0 Å². The summed E-state index contributed by atoms with van der Waals surface area (Å²) in [4.78, 5) is 44.9. The molecule has 1 fully saturated rings. The van der Waals surface area contributed by atoms with E-state index in [0.29, 0.717) is 16.9 Å². The molecule has 0 aliphatic carbocycles. The molecule has 1 aliphatic heterocycles. The number of nitrogens with one attached hydrogen (secondary N) is 2. The average molecular weight is 402 g/mol. The Morgan fingerprint density at radius 2 is 1.79 bits per heavy atom. The molecule has 1 aliphatic rings. The molecule has 0 saturated carbocycles. The quantitative estimate of drug-likeness (QED) is 0.343. The van der Waals surface area contributed by atoms with Crippen LogP contribution in [0.4, 0.5) is 10.5 Å². The van der Waals surface area contributed by atoms with Crippen LogP contribution in [0.2, 0.25) is 5.02 Å². The van der Waals surface area contributed by atoms with E-state index in [1.54, 1.807) is 18.2 Å². The summed E-state index contributed by atoms with van der Waals surface area (Å²) in [6, 6.07) is 9.72. The number of imide groups is 2. The minimum absolute atomic E-state index is 0.0447. The van der Waals surface area contributed by atoms with Crippen LogP contribution in [-0.2, 0) is 16.2 Å². The summed E-state index contributed by atoms with van der Waals surface area (Å²) < 4.78 is 5.58. The van der Waals surface area contributed by atoms with Crippen molar-refractivity contribution in [3.05, 3.63) is 74.3 Å². The predicted molar refractivity (Wildman–Crippen MR) is 98.5 cm³/mol. The van der Waals surface area contributed by atoms with Crippen molar-refractivity contribution in [2.24, 2.45) is 0 Å². The first kappa shape index (κ1) is 19.1. The second-order valence-corrected chi connectivity index (χ2v) is 6.11. The maximum absolute atomic E-state index is 11.7. The van der Waals surface area contributed by atoms with Crippen molar-refractivity contribution in [3.63, 3.8) is 0 Å². The van der Waals surface area contributed by atoms with Gasteiger partial charge < -0.3 is 4.74 Å². The molecule has 3 rings (SSSR count). The lowest BCUT2D eigenvalue weighted by Gasteiger charge is -2.14. The Hall–Kier alpha value is -3.72. The first-order valence-electron chi connectivity index (χ1n) is 7.87. The third-order valence-corrected chi connectivity index (χ3v) is 4.02. The number of rotatable bonds is 5. The van der Waals surface area contributed by atoms with E-state index in [1.165, 1.54) is 30.3 Å². The number of hydrogen-bond acceptors (Lipinski definition) is 6. The van der Waals surface area contributed by atoms with Crippen LogP contribution in [0.25, 0.3) is 6.08 Å². The van der Waals surface area contributed by atoms with Crippen LogP contribution in [0.5, 0.6) is 5.75 Å². The van der Waals surface area contributed by atoms with Crippen molar-refractivity contribution in [3.8, 4) is 5.75 Å². The van der Waals surface area contributed by atoms with Crippen LogP contribution in [0.3, 0.4) is 0 Å². The molecule has 2 aromatic carbocycles. The van der Waals surface area contributed by atoms with Gasteiger partial charge in [-0.1, -0.05) is 29.8 Å². The number of nitro benzene ring substituents is 1. The van der Waals surface area contributed by atoms with E-state index < -0.39 is 22.8 Å². The van der Waals surface area contributed by atoms with E-state index in [4.69, 9.17) is 16.3 Å². The number of carbonyl (C=O) groups excluding carboxylic acids is 3. The highest BCUT2D eigenvalue weighted by Gasteiger charge is 2.27. The zero-order chi connectivity index (χ0) is 20.3. The topological polar surface area (TPSA) is 128 Å². The van der Waals surface area contributed by atoms with Crippen LogP contribution in [0.1, 0.15) is 11.1 Å². The van der Waals surface area contributed by atoms with Gasteiger partial charge in [0.1, 0.15) is 17.9 Å². The number of ether oxygens (including phenoxy) is 1. The second-order valence-electron chi connectivity index (χ2n) is 5.70. The largest absolute Gasteiger partial charge is 0.487 e. The summed E-state index contributed by atoms with van der Waals surface area (Å²) in [6.07, 6.45) is 1.29. The zero-order valence-corrected chi connectivity index (χ0v) is 14.9. The van der Waals surface area contributed by atoms with Crippen molar-refractivity contribution in [1.29, 1.82) is 0 Å². The Morgan fingerprint density at radius 3 is 2.43 bits per heavy atom. The Labute approximate surface area is 163 Å². The molecule has 0 spiro atoms. The summed E-state index contributed by atoms with van der Waals surface area (Å²) in [7, 11) is 0. The van der Waals surface area contributed by atoms with Crippen LogP contribution in [0.15, 0.2) is 48.0 Å². The lowest BCUT2D eigenvalue weighted by atomic mass is 10.1. The first-order valence-corrected chi connectivity index (χ1v) is 8.25. The molecule has 0 unspecified atom stereocenters. The van der Waals surface area contributed by atoms with Gasteiger partial charge in [0.05, 0.1) is 9.95 Å². The molecule has 2 aromatic rings. The van der Waals surface area contributed by atoms with Crippen molar-refractivity contribution >= 4 is 41.2 Å². The molecule has 0 atom stereocenters. The van der Waals surface area contributed by atoms with Crippen LogP contribution in [-0.4, -0.2) is 22.8 Å². The molecule has 4 amide bonds. The number of non-ortho nitro benzene ring substituents is 1. The van der Waals surface area contributed by atoms with Crippen LogP contribution in [0, 0.1) is 10.1 Å². The fraction of sp³-hybridized carbons (Fsp3) is 0.0556. The van der Waals surface area contributed by atoms with E-state index in [-0.39, 0.29) is 22.9 Å². The van der Waals surface area contributed by atoms with Crippen molar-refractivity contribution < 1.29 is 24.0 Å². The maximum atomic E-state index is 11.7. The Kier molecular flexibility index (Phi) is 5.37. The van der Waals surface area contributed by atoms with Gasteiger partial charge in [-0.25, -0.2) is 4.79 Å². The lowest BCUT2D eigenvalue weighted by Crippen LogP contribution is -2.51. The van der Waals surface area contributed by atoms with Crippen LogP contribution < -0.4 is 15.4 Å². The number of nitrogens with zero attached hydrogens (tertiary/aromatic N) is 1. The van der Waals surface area contributed by atoms with E-state index in [0.717, 1.165) is 0 Å². The number of carbonyl (C=O) groups is 3. The minimum atomic E-state index is -0.880. The highest BCUT2D eigenvalue weighted by molar-refractivity contribution is 6.33. The molecule has 9 nitrogen and oxygen atoms in total. The monoisotopic (exact) mass is 401 g/mol. The highest BCUT2D eigenvalue weighted by atomic mass is 35.5. The fourth-order valence-corrected chi connectivity index (χ4v) is 2.66. The molecule has 1 saturated heterocycles. The summed E-state index contributed by atoms with van der Waals surface area (Å²) in [6.45, 7) is 0.0642. The summed E-state index contributed by atoms with van der Waals surface area (Å²) in [5.74, 6) is -1.30. The number of hydrogen-bond donors (Lipinski definition) is 2. The molecular formula is C18H12ClN3O6. The predicted octanol–water partition coefficient (Wildman–Crippen LogP) is 2.58. The van der Waals surface area contributed by atoms with E-state index in [2.05, 4.69) is 0 Å². The van der Waals surface area contributed by atoms with Gasteiger partial charge >= 0.3 is 6.03 Å². The van der Waals surface area contributed by atoms with Crippen LogP contribution >= 0.6 is 11.6 Å². The number of urea groups is 1. The number of amides is 4. The number of halogens is 1. The zero-order valence-electron chi connectivity index (χ0n) is 14.1. The Morgan fingerprint density at radius 1 is 1.07 bits per heavy atom. The van der Waals surface area contributed by atoms with Crippen molar-refractivity contribution in [2.75, 3.05) is 0 Å². The maximum Gasteiger partial charge on any atom is 0.328 e. The van der Waals surface area contributed by atoms with Gasteiger partial charge in [0.25, 0.3) is 17.5 Å². The van der Waals surface area contributed by atoms with E-state index >= 15 is 0 Å². The van der Waals surface area contributed by atoms with Crippen molar-refractivity contribution in [1.82, 2.24) is 10.6 Å². The first-order chi connectivity index (χ1) is 13.3. The molecule has 142 valence electrons. The SMILES string of the molecule is O=C1NC(=O)C(=Cc2ccc(OCc3cccc([N+](=O)[O-])c3)c(Cl)c2)C(=O)N1. The Bertz CT molecular complexity index is 1010. The van der Waals surface area contributed by atoms with Gasteiger partial charge in [0.15, 0.2) is 0 Å². The number of benzene rings is 2. The second kappa shape index (κ2) is 7.89. The van der Waals surface area contributed by atoms with Gasteiger partial charge in [0.2, 0.25) is 0 Å².